The number of rotatable bonds is 7. The molecule has 1 aromatic heterocycles. The van der Waals surface area contributed by atoms with Gasteiger partial charge in [-0.1, -0.05) is 12.1 Å². The predicted octanol–water partition coefficient (Wildman–Crippen LogP) is 1.09. The van der Waals surface area contributed by atoms with Crippen molar-refractivity contribution >= 4 is 10.0 Å². The molecule has 0 saturated carbocycles. The standard InChI is InChI=1S/C18H26N4O4S/c1-14-18(13-21(2)20-14)27(23,24)19-12-17(22-8-10-26-11-9-22)15-4-6-16(25-3)7-5-15/h4-7,13,17,19H,8-12H2,1-3H3/t17-/m1/s1. The molecule has 2 heterocycles. The minimum atomic E-state index is -3.64. The summed E-state index contributed by atoms with van der Waals surface area (Å²) in [5.41, 5.74) is 1.51. The third kappa shape index (κ3) is 4.67. The molecule has 1 aliphatic heterocycles. The van der Waals surface area contributed by atoms with Crippen LogP contribution >= 0.6 is 0 Å². The highest BCUT2D eigenvalue weighted by Gasteiger charge is 2.26. The number of methoxy groups -OCH3 is 1. The highest BCUT2D eigenvalue weighted by atomic mass is 32.2. The zero-order chi connectivity index (χ0) is 19.4. The Labute approximate surface area is 160 Å². The molecule has 1 aliphatic rings. The lowest BCUT2D eigenvalue weighted by Gasteiger charge is -2.35. The van der Waals surface area contributed by atoms with Crippen LogP contribution in [-0.2, 0) is 21.8 Å². The fourth-order valence-corrected chi connectivity index (χ4v) is 4.53. The lowest BCUT2D eigenvalue weighted by atomic mass is 10.0. The zero-order valence-electron chi connectivity index (χ0n) is 15.9. The molecule has 0 unspecified atom stereocenters. The molecular formula is C18H26N4O4S. The van der Waals surface area contributed by atoms with Crippen LogP contribution in [-0.4, -0.2) is 63.1 Å². The Balaban J connectivity index is 1.81. The number of nitrogens with one attached hydrogen (secondary N) is 1. The average Bonchev–Trinajstić information content (AvgIpc) is 3.02. The van der Waals surface area contributed by atoms with Gasteiger partial charge in [0.05, 0.1) is 26.0 Å². The van der Waals surface area contributed by atoms with Gasteiger partial charge in [-0.3, -0.25) is 9.58 Å². The van der Waals surface area contributed by atoms with E-state index < -0.39 is 10.0 Å². The molecule has 1 fully saturated rings. The minimum Gasteiger partial charge on any atom is -0.497 e. The zero-order valence-corrected chi connectivity index (χ0v) is 16.7. The molecule has 0 bridgehead atoms. The lowest BCUT2D eigenvalue weighted by Crippen LogP contribution is -2.43. The molecule has 148 valence electrons. The van der Waals surface area contributed by atoms with Crippen LogP contribution in [0.2, 0.25) is 0 Å². The van der Waals surface area contributed by atoms with Crippen LogP contribution in [0.25, 0.3) is 0 Å². The number of nitrogens with zero attached hydrogens (tertiary/aromatic N) is 3. The van der Waals surface area contributed by atoms with Crippen molar-refractivity contribution in [1.29, 1.82) is 0 Å². The van der Waals surface area contributed by atoms with Crippen molar-refractivity contribution < 1.29 is 17.9 Å². The van der Waals surface area contributed by atoms with Crippen molar-refractivity contribution in [2.45, 2.75) is 17.9 Å². The summed E-state index contributed by atoms with van der Waals surface area (Å²) in [5.74, 6) is 0.769. The first kappa shape index (κ1) is 19.8. The summed E-state index contributed by atoms with van der Waals surface area (Å²) in [5, 5.41) is 4.13. The molecule has 9 heteroatoms. The first-order valence-corrected chi connectivity index (χ1v) is 10.3. The van der Waals surface area contributed by atoms with Crippen molar-refractivity contribution in [3.63, 3.8) is 0 Å². The molecule has 0 radical (unpaired) electrons. The van der Waals surface area contributed by atoms with Crippen LogP contribution in [0.4, 0.5) is 0 Å². The Morgan fingerprint density at radius 3 is 2.48 bits per heavy atom. The van der Waals surface area contributed by atoms with Gasteiger partial charge < -0.3 is 9.47 Å². The lowest BCUT2D eigenvalue weighted by molar-refractivity contribution is 0.0172. The maximum atomic E-state index is 12.8. The Hall–Kier alpha value is -1.94. The summed E-state index contributed by atoms with van der Waals surface area (Å²) in [6.45, 7) is 4.75. The third-order valence-electron chi connectivity index (χ3n) is 4.71. The van der Waals surface area contributed by atoms with Crippen LogP contribution in [0.15, 0.2) is 35.4 Å². The molecule has 1 N–H and O–H groups in total. The quantitative estimate of drug-likeness (QED) is 0.757. The van der Waals surface area contributed by atoms with E-state index in [1.54, 1.807) is 21.1 Å². The van der Waals surface area contributed by atoms with Gasteiger partial charge in [0.15, 0.2) is 0 Å². The summed E-state index contributed by atoms with van der Waals surface area (Å²) >= 11 is 0. The van der Waals surface area contributed by atoms with Gasteiger partial charge in [0.25, 0.3) is 0 Å². The minimum absolute atomic E-state index is 0.0911. The Kier molecular flexibility index (Phi) is 6.15. The molecule has 27 heavy (non-hydrogen) atoms. The first-order valence-electron chi connectivity index (χ1n) is 8.86. The molecule has 2 aromatic rings. The van der Waals surface area contributed by atoms with Crippen LogP contribution < -0.4 is 9.46 Å². The number of sulfonamides is 1. The van der Waals surface area contributed by atoms with Crippen molar-refractivity contribution in [2.24, 2.45) is 7.05 Å². The largest absolute Gasteiger partial charge is 0.497 e. The Morgan fingerprint density at radius 1 is 1.26 bits per heavy atom. The number of ether oxygens (including phenoxy) is 2. The van der Waals surface area contributed by atoms with E-state index >= 15 is 0 Å². The fraction of sp³-hybridized carbons (Fsp3) is 0.500. The smallest absolute Gasteiger partial charge is 0.244 e. The van der Waals surface area contributed by atoms with E-state index in [0.29, 0.717) is 18.9 Å². The molecule has 0 aliphatic carbocycles. The summed E-state index contributed by atoms with van der Waals surface area (Å²) < 4.78 is 40.5. The summed E-state index contributed by atoms with van der Waals surface area (Å²) in [6, 6.07) is 7.64. The highest BCUT2D eigenvalue weighted by Crippen LogP contribution is 2.24. The van der Waals surface area contributed by atoms with E-state index in [9.17, 15) is 8.42 Å². The second-order valence-corrected chi connectivity index (χ2v) is 8.28. The van der Waals surface area contributed by atoms with Crippen LogP contribution in [0, 0.1) is 6.92 Å². The van der Waals surface area contributed by atoms with Crippen LogP contribution in [0.1, 0.15) is 17.3 Å². The number of aryl methyl sites for hydroxylation is 2. The third-order valence-corrected chi connectivity index (χ3v) is 6.24. The number of benzene rings is 1. The number of hydrogen-bond acceptors (Lipinski definition) is 6. The maximum Gasteiger partial charge on any atom is 0.244 e. The summed E-state index contributed by atoms with van der Waals surface area (Å²) in [6.07, 6.45) is 1.52. The molecular weight excluding hydrogens is 368 g/mol. The van der Waals surface area contributed by atoms with Crippen molar-refractivity contribution in [1.82, 2.24) is 19.4 Å². The van der Waals surface area contributed by atoms with Gasteiger partial charge in [-0.25, -0.2) is 13.1 Å². The van der Waals surface area contributed by atoms with Gasteiger partial charge in [-0.15, -0.1) is 0 Å². The molecule has 3 rings (SSSR count). The predicted molar refractivity (Wildman–Crippen MR) is 101 cm³/mol. The van der Waals surface area contributed by atoms with E-state index in [4.69, 9.17) is 9.47 Å². The van der Waals surface area contributed by atoms with E-state index in [0.717, 1.165) is 24.4 Å². The van der Waals surface area contributed by atoms with E-state index in [1.807, 2.05) is 24.3 Å². The Morgan fingerprint density at radius 2 is 1.93 bits per heavy atom. The first-order chi connectivity index (χ1) is 12.9. The number of morpholine rings is 1. The molecule has 0 spiro atoms. The van der Waals surface area contributed by atoms with Gasteiger partial charge in [-0.05, 0) is 24.6 Å². The van der Waals surface area contributed by atoms with Gasteiger partial charge >= 0.3 is 0 Å². The second-order valence-electron chi connectivity index (χ2n) is 6.54. The van der Waals surface area contributed by atoms with Gasteiger partial charge in [0.1, 0.15) is 10.6 Å². The van der Waals surface area contributed by atoms with E-state index in [2.05, 4.69) is 14.7 Å². The molecule has 1 saturated heterocycles. The average molecular weight is 394 g/mol. The van der Waals surface area contributed by atoms with Crippen LogP contribution in [0.5, 0.6) is 5.75 Å². The molecule has 0 amide bonds. The van der Waals surface area contributed by atoms with Crippen molar-refractivity contribution in [2.75, 3.05) is 40.0 Å². The van der Waals surface area contributed by atoms with Crippen molar-refractivity contribution in [3.05, 3.63) is 41.7 Å². The highest BCUT2D eigenvalue weighted by molar-refractivity contribution is 7.89. The van der Waals surface area contributed by atoms with Gasteiger partial charge in [0.2, 0.25) is 10.0 Å². The second kappa shape index (κ2) is 8.39. The van der Waals surface area contributed by atoms with Crippen molar-refractivity contribution in [3.8, 4) is 5.75 Å². The van der Waals surface area contributed by atoms with E-state index in [1.165, 1.54) is 10.9 Å². The maximum absolute atomic E-state index is 12.8. The normalized spacial score (nSPS) is 17.0. The summed E-state index contributed by atoms with van der Waals surface area (Å²) in [7, 11) is -0.309. The van der Waals surface area contributed by atoms with Gasteiger partial charge in [-0.2, -0.15) is 5.10 Å². The van der Waals surface area contributed by atoms with E-state index in [-0.39, 0.29) is 17.5 Å². The topological polar surface area (TPSA) is 85.7 Å². The SMILES string of the molecule is COc1ccc([C@@H](CNS(=O)(=O)c2cn(C)nc2C)N2CCOCC2)cc1. The molecule has 8 nitrogen and oxygen atoms in total. The Bertz CT molecular complexity index is 858. The monoisotopic (exact) mass is 394 g/mol. The molecule has 1 atom stereocenters. The summed E-state index contributed by atoms with van der Waals surface area (Å²) in [4.78, 5) is 2.45. The number of aromatic nitrogens is 2. The fourth-order valence-electron chi connectivity index (χ4n) is 3.28. The molecule has 1 aromatic carbocycles. The number of hydrogen-bond donors (Lipinski definition) is 1. The van der Waals surface area contributed by atoms with Gasteiger partial charge in [0, 0.05) is 38.9 Å². The van der Waals surface area contributed by atoms with Crippen LogP contribution in [0.3, 0.4) is 0 Å².